The molecular formula is C23H49N2O4Si4+. The van der Waals surface area contributed by atoms with Crippen molar-refractivity contribution in [1.29, 1.82) is 0 Å². The van der Waals surface area contributed by atoms with E-state index in [0.717, 1.165) is 49.3 Å². The Morgan fingerprint density at radius 2 is 1.58 bits per heavy atom. The normalized spacial score (nSPS) is 12.3. The summed E-state index contributed by atoms with van der Waals surface area (Å²) in [4.78, 5) is 12.3. The molecule has 0 aromatic carbocycles. The molecule has 33 heavy (non-hydrogen) atoms. The van der Waals surface area contributed by atoms with Gasteiger partial charge in [-0.2, -0.15) is 0 Å². The molecule has 190 valence electrons. The fourth-order valence-corrected chi connectivity index (χ4v) is 23.1. The second kappa shape index (κ2) is 16.2. The first-order valence-electron chi connectivity index (χ1n) is 12.5. The van der Waals surface area contributed by atoms with Gasteiger partial charge in [-0.05, 0) is 69.4 Å². The van der Waals surface area contributed by atoms with Crippen LogP contribution in [0.25, 0.3) is 0 Å². The molecule has 0 bridgehead atoms. The summed E-state index contributed by atoms with van der Waals surface area (Å²) in [5, 5.41) is 3.05. The van der Waals surface area contributed by atoms with Gasteiger partial charge < -0.3 is 22.8 Å². The van der Waals surface area contributed by atoms with Gasteiger partial charge in [-0.1, -0.05) is 13.8 Å². The first-order chi connectivity index (χ1) is 15.3. The summed E-state index contributed by atoms with van der Waals surface area (Å²) in [6.07, 6.45) is 9.74. The summed E-state index contributed by atoms with van der Waals surface area (Å²) in [6.45, 7) is 12.8. The smallest absolute Gasteiger partial charge is 0.275 e. The van der Waals surface area contributed by atoms with Gasteiger partial charge in [0.15, 0.2) is 16.6 Å². The number of hydrogen-bond acceptors (Lipinski definition) is 4. The average Bonchev–Trinajstić information content (AvgIpc) is 2.69. The molecule has 0 heterocycles. The van der Waals surface area contributed by atoms with Crippen LogP contribution in [-0.4, -0.2) is 78.1 Å². The van der Waals surface area contributed by atoms with Crippen molar-refractivity contribution in [2.75, 3.05) is 33.7 Å². The Balaban J connectivity index is 4.66. The molecule has 0 aliphatic heterocycles. The molecule has 0 aromatic heterocycles. The average molecular weight is 530 g/mol. The van der Waals surface area contributed by atoms with Crippen molar-refractivity contribution in [2.45, 2.75) is 95.1 Å². The highest BCUT2D eigenvalue weighted by Gasteiger charge is 2.42. The number of nitrogens with zero attached hydrogens (tertiary/aromatic N) is 1. The summed E-state index contributed by atoms with van der Waals surface area (Å²) in [5.41, 5.74) is 1.27. The van der Waals surface area contributed by atoms with Gasteiger partial charge in [0.25, 0.3) is 17.4 Å². The van der Waals surface area contributed by atoms with Crippen molar-refractivity contribution in [3.8, 4) is 12.3 Å². The summed E-state index contributed by atoms with van der Waals surface area (Å²) in [6, 6.07) is 2.18. The molecule has 0 aliphatic carbocycles. The van der Waals surface area contributed by atoms with Crippen LogP contribution in [-0.2, 0) is 17.8 Å². The number of terminal acetylenes is 1. The molecule has 0 atom stereocenters. The van der Waals surface area contributed by atoms with E-state index in [1.807, 2.05) is 13.8 Å². The van der Waals surface area contributed by atoms with E-state index in [-0.39, 0.29) is 5.91 Å². The molecule has 0 aromatic rings. The molecule has 6 nitrogen and oxygen atoms in total. The SMILES string of the molecule is C#CC[N+](C)(C)CCCCCC(=O)NCCC[Si](C[Si](=O)CC)(C[Si](=O)CC)O[Si](C)(C)C. The molecule has 1 N–H and O–H groups in total. The zero-order valence-electron chi connectivity index (χ0n) is 22.3. The van der Waals surface area contributed by atoms with Crippen molar-refractivity contribution in [2.24, 2.45) is 0 Å². The lowest BCUT2D eigenvalue weighted by atomic mass is 10.1. The van der Waals surface area contributed by atoms with Crippen LogP contribution in [0.3, 0.4) is 0 Å². The van der Waals surface area contributed by atoms with Crippen LogP contribution >= 0.6 is 0 Å². The molecule has 0 radical (unpaired) electrons. The maximum absolute atomic E-state index is 12.6. The molecule has 0 fully saturated rings. The molecule has 0 aliphatic rings. The number of hydrogen-bond donors (Lipinski definition) is 1. The van der Waals surface area contributed by atoms with Crippen molar-refractivity contribution < 1.29 is 22.3 Å². The van der Waals surface area contributed by atoms with E-state index in [0.29, 0.717) is 36.4 Å². The molecule has 0 unspecified atom stereocenters. The van der Waals surface area contributed by atoms with E-state index in [2.05, 4.69) is 45.0 Å². The third-order valence-electron chi connectivity index (χ3n) is 5.67. The minimum Gasteiger partial charge on any atom is -0.455 e. The highest BCUT2D eigenvalue weighted by atomic mass is 28.5. The van der Waals surface area contributed by atoms with Gasteiger partial charge in [-0.3, -0.25) is 4.79 Å². The van der Waals surface area contributed by atoms with Gasteiger partial charge in [-0.15, -0.1) is 6.42 Å². The Labute approximate surface area is 208 Å². The number of carbonyl (C=O) groups excluding carboxylic acids is 1. The molecular weight excluding hydrogens is 481 g/mol. The maximum Gasteiger partial charge on any atom is 0.275 e. The zero-order valence-corrected chi connectivity index (χ0v) is 26.3. The first kappa shape index (κ1) is 32.4. The molecule has 0 saturated heterocycles. The molecule has 1 amide bonds. The summed E-state index contributed by atoms with van der Waals surface area (Å²) < 4.78 is 32.7. The number of nitrogens with one attached hydrogen (secondary N) is 1. The number of quaternary nitrogens is 1. The fourth-order valence-electron chi connectivity index (χ4n) is 4.04. The summed E-state index contributed by atoms with van der Waals surface area (Å²) in [5.74, 6) is 2.81. The minimum absolute atomic E-state index is 0.0926. The maximum atomic E-state index is 12.6. The highest BCUT2D eigenvalue weighted by molar-refractivity contribution is 6.94. The van der Waals surface area contributed by atoms with E-state index in [9.17, 15) is 13.7 Å². The van der Waals surface area contributed by atoms with E-state index < -0.39 is 34.0 Å². The van der Waals surface area contributed by atoms with Gasteiger partial charge in [0, 0.05) is 24.3 Å². The van der Waals surface area contributed by atoms with Crippen LogP contribution in [0.15, 0.2) is 0 Å². The Morgan fingerprint density at radius 1 is 1.00 bits per heavy atom. The topological polar surface area (TPSA) is 72.5 Å². The molecule has 0 spiro atoms. The predicted molar refractivity (Wildman–Crippen MR) is 145 cm³/mol. The van der Waals surface area contributed by atoms with Crippen molar-refractivity contribution in [3.05, 3.63) is 0 Å². The monoisotopic (exact) mass is 529 g/mol. The van der Waals surface area contributed by atoms with E-state index >= 15 is 0 Å². The van der Waals surface area contributed by atoms with Crippen LogP contribution in [0.2, 0.25) is 49.1 Å². The fraction of sp³-hybridized carbons (Fsp3) is 0.870. The summed E-state index contributed by atoms with van der Waals surface area (Å²) in [7, 11) is -3.38. The molecule has 0 saturated carbocycles. The second-order valence-electron chi connectivity index (χ2n) is 10.8. The third-order valence-corrected chi connectivity index (χ3v) is 21.0. The van der Waals surface area contributed by atoms with Crippen molar-refractivity contribution in [3.63, 3.8) is 0 Å². The lowest BCUT2D eigenvalue weighted by Gasteiger charge is -2.37. The lowest BCUT2D eigenvalue weighted by Crippen LogP contribution is -2.50. The van der Waals surface area contributed by atoms with Crippen LogP contribution in [0.4, 0.5) is 0 Å². The number of carbonyl (C=O) groups is 1. The van der Waals surface area contributed by atoms with Gasteiger partial charge in [0.2, 0.25) is 5.91 Å². The van der Waals surface area contributed by atoms with Gasteiger partial charge in [0.05, 0.1) is 20.6 Å². The molecule has 10 heteroatoms. The van der Waals surface area contributed by atoms with E-state index in [1.165, 1.54) is 0 Å². The standard InChI is InChI=1S/C23H48N2O4Si4/c1-9-18-25(4,5)19-14-12-13-16-23(26)24-17-15-20-33(21-30(27)10-2,22-31(28)11-3)29-32(6,7)8/h1H,10-22H2,2-8H3/p+1. The Bertz CT molecular complexity index is 654. The van der Waals surface area contributed by atoms with Crippen LogP contribution in [0.1, 0.15) is 46.0 Å². The van der Waals surface area contributed by atoms with Crippen LogP contribution in [0, 0.1) is 12.3 Å². The zero-order chi connectivity index (χ0) is 25.5. The summed E-state index contributed by atoms with van der Waals surface area (Å²) >= 11 is 0. The Kier molecular flexibility index (Phi) is 15.9. The lowest BCUT2D eigenvalue weighted by molar-refractivity contribution is -0.883. The van der Waals surface area contributed by atoms with Gasteiger partial charge in [-0.25, -0.2) is 0 Å². The van der Waals surface area contributed by atoms with Crippen molar-refractivity contribution in [1.82, 2.24) is 5.32 Å². The Hall–Kier alpha value is -0.582. The van der Waals surface area contributed by atoms with Crippen LogP contribution < -0.4 is 5.32 Å². The number of rotatable bonds is 19. The third kappa shape index (κ3) is 16.6. The second-order valence-corrected chi connectivity index (χ2v) is 25.1. The van der Waals surface area contributed by atoms with Gasteiger partial charge >= 0.3 is 0 Å². The molecule has 0 rings (SSSR count). The van der Waals surface area contributed by atoms with Gasteiger partial charge in [0.1, 0.15) is 6.54 Å². The van der Waals surface area contributed by atoms with E-state index in [4.69, 9.17) is 10.5 Å². The largest absolute Gasteiger partial charge is 0.455 e. The van der Waals surface area contributed by atoms with Crippen LogP contribution in [0.5, 0.6) is 0 Å². The number of unbranched alkanes of at least 4 members (excludes halogenated alkanes) is 2. The minimum atomic E-state index is -2.37. The predicted octanol–water partition coefficient (Wildman–Crippen LogP) is 4.52. The van der Waals surface area contributed by atoms with E-state index in [1.54, 1.807) is 0 Å². The van der Waals surface area contributed by atoms with Crippen molar-refractivity contribution >= 4 is 39.9 Å². The number of amides is 1. The quantitative estimate of drug-likeness (QED) is 0.116. The first-order valence-corrected chi connectivity index (χ1v) is 22.1. The Morgan fingerprint density at radius 3 is 2.06 bits per heavy atom. The highest BCUT2D eigenvalue weighted by Crippen LogP contribution is 2.29.